The van der Waals surface area contributed by atoms with Crippen LogP contribution in [-0.4, -0.2) is 96.7 Å². The number of carboxylic acid groups (broad SMARTS) is 1. The van der Waals surface area contributed by atoms with Crippen molar-refractivity contribution in [2.75, 3.05) is 25.9 Å². The van der Waals surface area contributed by atoms with Crippen LogP contribution in [0.5, 0.6) is 51.7 Å². The van der Waals surface area contributed by atoms with Gasteiger partial charge in [-0.15, -0.1) is 0 Å². The molecule has 3 saturated carbocycles. The number of rotatable bonds is 18. The first-order chi connectivity index (χ1) is 39.0. The number of aromatic nitrogens is 2. The second kappa shape index (κ2) is 26.7. The summed E-state index contributed by atoms with van der Waals surface area (Å²) in [5.41, 5.74) is 1.56. The smallest absolute Gasteiger partial charge is 0.338 e. The highest BCUT2D eigenvalue weighted by Crippen LogP contribution is 2.36. The minimum Gasteiger partial charge on any atom is -0.490 e. The lowest BCUT2D eigenvalue weighted by atomic mass is 10.1. The third kappa shape index (κ3) is 17.5. The molecule has 0 radical (unpaired) electrons. The number of carbonyl (C=O) groups excluding carboxylic acids is 1. The van der Waals surface area contributed by atoms with Crippen molar-refractivity contribution in [3.05, 3.63) is 155 Å². The zero-order valence-electron chi connectivity index (χ0n) is 45.6. The number of esters is 1. The molecule has 22 heteroatoms. The monoisotopic (exact) mass is 1180 g/mol. The Bertz CT molecular complexity index is 3750. The standard InChI is InChI=1S/C21H22N2O5S.C20H22O6S.C19H20O6S/c1-29(25,26)19-8-6-16(7-9-19)28-18-11-14(20-13-21(24)23-22-20)10-17(12-18)27-15-4-2-3-5-15;1-24-20(21)14-11-17(25-15-5-3-4-6-15)13-18(12-14)26-16-7-9-19(10-8-16)27(2,22)23;1-26(22,23)18-8-6-15(7-9-18)25-17-11-13(19(20)21)10-16(12-17)24-14-4-2-3-5-14/h6-13,15H,2-5H2,1H3,(H2,22,23,24);7-13,15H,3-6H2,1-2H3;6-12,14H,2-5H2,1H3,(H,20,21). The van der Waals surface area contributed by atoms with Crippen molar-refractivity contribution in [1.29, 1.82) is 0 Å². The fourth-order valence-corrected chi connectivity index (χ4v) is 11.3. The molecular weight excluding hydrogens is 1120 g/mol. The number of aromatic amines is 2. The summed E-state index contributed by atoms with van der Waals surface area (Å²) in [6.45, 7) is 0. The zero-order chi connectivity index (χ0) is 58.6. The molecule has 434 valence electrons. The van der Waals surface area contributed by atoms with E-state index >= 15 is 0 Å². The third-order valence-electron chi connectivity index (χ3n) is 13.5. The van der Waals surface area contributed by atoms with Gasteiger partial charge in [0.05, 0.1) is 56.9 Å². The molecule has 1 aromatic heterocycles. The van der Waals surface area contributed by atoms with Crippen LogP contribution >= 0.6 is 0 Å². The second-order valence-electron chi connectivity index (χ2n) is 20.2. The van der Waals surface area contributed by atoms with E-state index in [-0.39, 0.29) is 44.1 Å². The predicted molar refractivity (Wildman–Crippen MR) is 306 cm³/mol. The molecule has 3 aliphatic rings. The molecule has 0 bridgehead atoms. The highest BCUT2D eigenvalue weighted by atomic mass is 32.2. The Kier molecular flexibility index (Phi) is 19.5. The number of sulfone groups is 3. The van der Waals surface area contributed by atoms with E-state index in [2.05, 4.69) is 10.2 Å². The minimum absolute atomic E-state index is 0.0725. The zero-order valence-corrected chi connectivity index (χ0v) is 48.1. The molecule has 19 nitrogen and oxygen atoms in total. The summed E-state index contributed by atoms with van der Waals surface area (Å²) >= 11 is 0. The Morgan fingerprint density at radius 3 is 1.07 bits per heavy atom. The number of H-pyrrole nitrogens is 2. The number of aromatic carboxylic acids is 1. The number of carbonyl (C=O) groups is 2. The van der Waals surface area contributed by atoms with Crippen molar-refractivity contribution in [3.63, 3.8) is 0 Å². The van der Waals surface area contributed by atoms with Crippen LogP contribution in [0.3, 0.4) is 0 Å². The largest absolute Gasteiger partial charge is 0.490 e. The van der Waals surface area contributed by atoms with Crippen LogP contribution in [0.1, 0.15) is 97.8 Å². The lowest BCUT2D eigenvalue weighted by Gasteiger charge is -2.16. The van der Waals surface area contributed by atoms with Crippen molar-refractivity contribution in [3.8, 4) is 63.0 Å². The first-order valence-electron chi connectivity index (χ1n) is 26.5. The Morgan fingerprint density at radius 1 is 0.427 bits per heavy atom. The van der Waals surface area contributed by atoms with E-state index in [4.69, 9.17) is 33.2 Å². The molecule has 82 heavy (non-hydrogen) atoms. The highest BCUT2D eigenvalue weighted by molar-refractivity contribution is 7.91. The normalized spacial score (nSPS) is 14.8. The van der Waals surface area contributed by atoms with Gasteiger partial charge >= 0.3 is 11.9 Å². The van der Waals surface area contributed by atoms with Crippen molar-refractivity contribution in [1.82, 2.24) is 10.2 Å². The van der Waals surface area contributed by atoms with Gasteiger partial charge in [0.2, 0.25) is 0 Å². The van der Waals surface area contributed by atoms with E-state index in [1.54, 1.807) is 60.7 Å². The van der Waals surface area contributed by atoms with Gasteiger partial charge in [-0.05, 0) is 186 Å². The SMILES string of the molecule is COC(=O)c1cc(Oc2ccc(S(C)(=O)=O)cc2)cc(OC2CCCC2)c1.CS(=O)(=O)c1ccc(Oc2cc(OC3CCCC3)cc(-c3cc(=O)[nH][nH]3)c2)cc1.CS(=O)(=O)c1ccc(Oc2cc(OC3CCCC3)cc(C(=O)O)c2)cc1. The molecule has 0 atom stereocenters. The quantitative estimate of drug-likeness (QED) is 0.0674. The molecule has 10 rings (SSSR count). The van der Waals surface area contributed by atoms with Gasteiger partial charge in [-0.25, -0.2) is 34.8 Å². The number of methoxy groups -OCH3 is 1. The van der Waals surface area contributed by atoms with Gasteiger partial charge in [-0.2, -0.15) is 0 Å². The average molecular weight is 1180 g/mol. The van der Waals surface area contributed by atoms with Crippen molar-refractivity contribution in [2.24, 2.45) is 0 Å². The number of hydrogen-bond acceptors (Lipinski definition) is 16. The number of carboxylic acids is 1. The van der Waals surface area contributed by atoms with Gasteiger partial charge in [0.1, 0.15) is 51.7 Å². The Balaban J connectivity index is 0.000000161. The molecule has 6 aromatic carbocycles. The lowest BCUT2D eigenvalue weighted by Crippen LogP contribution is -2.11. The molecule has 0 spiro atoms. The predicted octanol–water partition coefficient (Wildman–Crippen LogP) is 11.8. The van der Waals surface area contributed by atoms with Crippen LogP contribution in [-0.2, 0) is 34.2 Å². The molecular formula is C60H64N2O17S3. The first kappa shape index (κ1) is 60.0. The van der Waals surface area contributed by atoms with Crippen LogP contribution in [0, 0.1) is 0 Å². The molecule has 0 aliphatic heterocycles. The van der Waals surface area contributed by atoms with E-state index in [1.807, 2.05) is 6.07 Å². The lowest BCUT2D eigenvalue weighted by molar-refractivity contribution is 0.0598. The first-order valence-corrected chi connectivity index (χ1v) is 32.2. The van der Waals surface area contributed by atoms with E-state index in [1.165, 1.54) is 73.8 Å². The van der Waals surface area contributed by atoms with E-state index in [0.717, 1.165) is 101 Å². The maximum atomic E-state index is 12.0. The number of ether oxygens (including phenoxy) is 7. The minimum atomic E-state index is -3.28. The summed E-state index contributed by atoms with van der Waals surface area (Å²) < 4.78 is 110. The summed E-state index contributed by atoms with van der Waals surface area (Å²) in [6.07, 6.45) is 16.6. The fraction of sp³-hybridized carbons (Fsp3) is 0.317. The van der Waals surface area contributed by atoms with Gasteiger partial charge in [0, 0.05) is 48.6 Å². The van der Waals surface area contributed by atoms with E-state index in [0.29, 0.717) is 63.0 Å². The Labute approximate surface area is 476 Å². The number of benzene rings is 6. The third-order valence-corrected chi connectivity index (χ3v) is 16.9. The average Bonchev–Trinajstić information content (AvgIpc) is 4.46. The maximum absolute atomic E-state index is 12.0. The van der Waals surface area contributed by atoms with Crippen LogP contribution in [0.15, 0.2) is 153 Å². The summed E-state index contributed by atoms with van der Waals surface area (Å²) in [7, 11) is -8.50. The summed E-state index contributed by atoms with van der Waals surface area (Å²) in [6, 6.07) is 34.7. The van der Waals surface area contributed by atoms with Crippen molar-refractivity contribution in [2.45, 2.75) is 110 Å². The molecule has 0 unspecified atom stereocenters. The topological polar surface area (TPSA) is 270 Å². The summed E-state index contributed by atoms with van der Waals surface area (Å²) in [5, 5.41) is 14.7. The molecule has 3 aliphatic carbocycles. The van der Waals surface area contributed by atoms with Gasteiger partial charge in [0.25, 0.3) is 5.56 Å². The Morgan fingerprint density at radius 2 is 0.744 bits per heavy atom. The molecule has 7 aromatic rings. The molecule has 0 amide bonds. The molecule has 3 N–H and O–H groups in total. The van der Waals surface area contributed by atoms with Gasteiger partial charge < -0.3 is 38.3 Å². The van der Waals surface area contributed by atoms with Crippen LogP contribution in [0.4, 0.5) is 0 Å². The second-order valence-corrected chi connectivity index (χ2v) is 26.2. The van der Waals surface area contributed by atoms with Gasteiger partial charge in [-0.3, -0.25) is 15.0 Å². The maximum Gasteiger partial charge on any atom is 0.338 e. The van der Waals surface area contributed by atoms with E-state index in [9.17, 15) is 44.7 Å². The van der Waals surface area contributed by atoms with Gasteiger partial charge in [0.15, 0.2) is 29.5 Å². The van der Waals surface area contributed by atoms with Crippen molar-refractivity contribution < 1.29 is 73.1 Å². The van der Waals surface area contributed by atoms with Crippen molar-refractivity contribution >= 4 is 41.5 Å². The van der Waals surface area contributed by atoms with E-state index < -0.39 is 41.5 Å². The summed E-state index contributed by atoms with van der Waals surface area (Å²) in [4.78, 5) is 35.5. The van der Waals surface area contributed by atoms with Crippen LogP contribution in [0.2, 0.25) is 0 Å². The Hall–Kier alpha value is -8.08. The molecule has 0 saturated heterocycles. The number of nitrogens with one attached hydrogen (secondary N) is 2. The number of hydrogen-bond donors (Lipinski definition) is 3. The fourth-order valence-electron chi connectivity index (χ4n) is 9.37. The highest BCUT2D eigenvalue weighted by Gasteiger charge is 2.22. The summed E-state index contributed by atoms with van der Waals surface area (Å²) in [5.74, 6) is 2.76. The molecule has 3 fully saturated rings. The van der Waals surface area contributed by atoms with Gasteiger partial charge in [-0.1, -0.05) is 0 Å². The van der Waals surface area contributed by atoms with Crippen LogP contribution < -0.4 is 34.0 Å². The molecule has 1 heterocycles. The van der Waals surface area contributed by atoms with Crippen LogP contribution in [0.25, 0.3) is 11.3 Å².